The monoisotopic (exact) mass is 188 g/mol. The van der Waals surface area contributed by atoms with E-state index in [9.17, 15) is 0 Å². The van der Waals surface area contributed by atoms with Gasteiger partial charge in [-0.15, -0.1) is 0 Å². The van der Waals surface area contributed by atoms with E-state index in [1.807, 2.05) is 36.4 Å². The molecule has 14 heavy (non-hydrogen) atoms. The summed E-state index contributed by atoms with van der Waals surface area (Å²) in [4.78, 5) is 0. The zero-order chi connectivity index (χ0) is 9.80. The van der Waals surface area contributed by atoms with E-state index in [4.69, 9.17) is 9.15 Å². The second-order valence-corrected chi connectivity index (χ2v) is 3.10. The molecule has 72 valence electrons. The summed E-state index contributed by atoms with van der Waals surface area (Å²) in [5, 5.41) is 0. The van der Waals surface area contributed by atoms with Crippen molar-refractivity contribution in [3.05, 3.63) is 54.0 Å². The van der Waals surface area contributed by atoms with E-state index in [1.165, 1.54) is 5.56 Å². The second-order valence-electron chi connectivity index (χ2n) is 3.10. The molecule has 2 nitrogen and oxygen atoms in total. The van der Waals surface area contributed by atoms with Gasteiger partial charge in [0.2, 0.25) is 0 Å². The van der Waals surface area contributed by atoms with Gasteiger partial charge in [0, 0.05) is 6.42 Å². The predicted molar refractivity (Wildman–Crippen MR) is 54.5 cm³/mol. The molecular formula is C12H12O2. The quantitative estimate of drug-likeness (QED) is 0.739. The average Bonchev–Trinajstić information content (AvgIpc) is 2.72. The minimum atomic E-state index is 0.830. The van der Waals surface area contributed by atoms with Crippen LogP contribution in [0, 0.1) is 0 Å². The van der Waals surface area contributed by atoms with Crippen LogP contribution in [0.4, 0.5) is 0 Å². The van der Waals surface area contributed by atoms with E-state index in [0.29, 0.717) is 0 Å². The maximum absolute atomic E-state index is 5.26. The Morgan fingerprint density at radius 1 is 1.14 bits per heavy atom. The summed E-state index contributed by atoms with van der Waals surface area (Å²) in [6.07, 6.45) is 2.52. The summed E-state index contributed by atoms with van der Waals surface area (Å²) in [6, 6.07) is 11.9. The van der Waals surface area contributed by atoms with E-state index in [1.54, 1.807) is 13.4 Å². The Bertz CT molecular complexity index is 373. The van der Waals surface area contributed by atoms with Crippen molar-refractivity contribution in [2.75, 3.05) is 7.11 Å². The van der Waals surface area contributed by atoms with E-state index in [-0.39, 0.29) is 0 Å². The lowest BCUT2D eigenvalue weighted by Gasteiger charge is -2.01. The molecular weight excluding hydrogens is 176 g/mol. The fourth-order valence-corrected chi connectivity index (χ4v) is 1.36. The molecule has 2 heteroatoms. The number of hydrogen-bond donors (Lipinski definition) is 0. The first kappa shape index (κ1) is 8.88. The number of methoxy groups -OCH3 is 1. The highest BCUT2D eigenvalue weighted by Crippen LogP contribution is 2.14. The van der Waals surface area contributed by atoms with Crippen molar-refractivity contribution in [3.63, 3.8) is 0 Å². The fourth-order valence-electron chi connectivity index (χ4n) is 1.36. The highest BCUT2D eigenvalue weighted by Gasteiger charge is 1.98. The summed E-state index contributed by atoms with van der Waals surface area (Å²) in [7, 11) is 1.67. The Labute approximate surface area is 83.1 Å². The molecule has 0 atom stereocenters. The van der Waals surface area contributed by atoms with E-state index < -0.39 is 0 Å². The minimum absolute atomic E-state index is 0.830. The molecule has 0 saturated carbocycles. The van der Waals surface area contributed by atoms with Gasteiger partial charge in [0.1, 0.15) is 11.5 Å². The molecule has 0 fully saturated rings. The van der Waals surface area contributed by atoms with Crippen LogP contribution in [0.15, 0.2) is 47.1 Å². The summed E-state index contributed by atoms with van der Waals surface area (Å²) < 4.78 is 10.3. The fraction of sp³-hybridized carbons (Fsp3) is 0.167. The molecule has 0 unspecified atom stereocenters. The van der Waals surface area contributed by atoms with Gasteiger partial charge in [0.15, 0.2) is 0 Å². The highest BCUT2D eigenvalue weighted by atomic mass is 16.5. The summed E-state index contributed by atoms with van der Waals surface area (Å²) in [5.41, 5.74) is 1.22. The molecule has 0 bridgehead atoms. The normalized spacial score (nSPS) is 10.1. The summed E-state index contributed by atoms with van der Waals surface area (Å²) in [5.74, 6) is 1.86. The van der Waals surface area contributed by atoms with Gasteiger partial charge in [0.25, 0.3) is 0 Å². The molecule has 1 aromatic heterocycles. The third-order valence-electron chi connectivity index (χ3n) is 2.12. The van der Waals surface area contributed by atoms with Crippen LogP contribution in [0.3, 0.4) is 0 Å². The first-order valence-electron chi connectivity index (χ1n) is 4.54. The van der Waals surface area contributed by atoms with Gasteiger partial charge in [-0.25, -0.2) is 0 Å². The third-order valence-corrected chi connectivity index (χ3v) is 2.12. The number of ether oxygens (including phenoxy) is 1. The lowest BCUT2D eigenvalue weighted by Crippen LogP contribution is -1.86. The molecule has 0 amide bonds. The van der Waals surface area contributed by atoms with Crippen molar-refractivity contribution in [2.24, 2.45) is 0 Å². The molecule has 0 aliphatic heterocycles. The maximum atomic E-state index is 5.26. The number of benzene rings is 1. The molecule has 0 aliphatic rings. The van der Waals surface area contributed by atoms with E-state index in [2.05, 4.69) is 0 Å². The molecule has 1 heterocycles. The van der Waals surface area contributed by atoms with Crippen LogP contribution in [-0.2, 0) is 6.42 Å². The maximum Gasteiger partial charge on any atom is 0.118 e. The molecule has 2 aromatic rings. The molecule has 2 rings (SSSR count). The molecule has 0 saturated heterocycles. The first-order chi connectivity index (χ1) is 6.88. The lowest BCUT2D eigenvalue weighted by atomic mass is 10.1. The van der Waals surface area contributed by atoms with Crippen molar-refractivity contribution in [1.82, 2.24) is 0 Å². The number of furan rings is 1. The van der Waals surface area contributed by atoms with Crippen LogP contribution in [0.2, 0.25) is 0 Å². The topological polar surface area (TPSA) is 22.4 Å². The highest BCUT2D eigenvalue weighted by molar-refractivity contribution is 5.29. The van der Waals surface area contributed by atoms with Crippen molar-refractivity contribution < 1.29 is 9.15 Å². The van der Waals surface area contributed by atoms with Gasteiger partial charge < -0.3 is 9.15 Å². The summed E-state index contributed by atoms with van der Waals surface area (Å²) >= 11 is 0. The van der Waals surface area contributed by atoms with Gasteiger partial charge in [-0.1, -0.05) is 12.1 Å². The van der Waals surface area contributed by atoms with Gasteiger partial charge >= 0.3 is 0 Å². The number of hydrogen-bond acceptors (Lipinski definition) is 2. The lowest BCUT2D eigenvalue weighted by molar-refractivity contribution is 0.414. The number of rotatable bonds is 3. The van der Waals surface area contributed by atoms with Crippen molar-refractivity contribution in [3.8, 4) is 5.75 Å². The molecule has 0 N–H and O–H groups in total. The van der Waals surface area contributed by atoms with Gasteiger partial charge in [-0.3, -0.25) is 0 Å². The van der Waals surface area contributed by atoms with E-state index in [0.717, 1.165) is 17.9 Å². The molecule has 1 aromatic carbocycles. The predicted octanol–water partition coefficient (Wildman–Crippen LogP) is 2.88. The smallest absolute Gasteiger partial charge is 0.118 e. The van der Waals surface area contributed by atoms with Crippen molar-refractivity contribution in [1.29, 1.82) is 0 Å². The average molecular weight is 188 g/mol. The minimum Gasteiger partial charge on any atom is -0.497 e. The van der Waals surface area contributed by atoms with Crippen LogP contribution >= 0.6 is 0 Å². The zero-order valence-corrected chi connectivity index (χ0v) is 8.07. The van der Waals surface area contributed by atoms with Gasteiger partial charge in [-0.2, -0.15) is 0 Å². The molecule has 0 aliphatic carbocycles. The Morgan fingerprint density at radius 3 is 2.50 bits per heavy atom. The Balaban J connectivity index is 2.10. The molecule has 0 spiro atoms. The first-order valence-corrected chi connectivity index (χ1v) is 4.54. The van der Waals surface area contributed by atoms with Crippen LogP contribution in [0.25, 0.3) is 0 Å². The van der Waals surface area contributed by atoms with E-state index >= 15 is 0 Å². The van der Waals surface area contributed by atoms with Crippen LogP contribution in [-0.4, -0.2) is 7.11 Å². The SMILES string of the molecule is COc1ccc(Cc2ccco2)cc1. The molecule has 0 radical (unpaired) electrons. The Morgan fingerprint density at radius 2 is 1.93 bits per heavy atom. The van der Waals surface area contributed by atoms with Gasteiger partial charge in [0.05, 0.1) is 13.4 Å². The standard InChI is InChI=1S/C12H12O2/c1-13-11-6-4-10(5-7-11)9-12-3-2-8-14-12/h2-8H,9H2,1H3. The van der Waals surface area contributed by atoms with Crippen molar-refractivity contribution >= 4 is 0 Å². The summed E-state index contributed by atoms with van der Waals surface area (Å²) in [6.45, 7) is 0. The second kappa shape index (κ2) is 4.01. The third kappa shape index (κ3) is 1.96. The van der Waals surface area contributed by atoms with Crippen LogP contribution < -0.4 is 4.74 Å². The van der Waals surface area contributed by atoms with Crippen molar-refractivity contribution in [2.45, 2.75) is 6.42 Å². The van der Waals surface area contributed by atoms with Crippen LogP contribution in [0.1, 0.15) is 11.3 Å². The zero-order valence-electron chi connectivity index (χ0n) is 8.07. The Kier molecular flexibility index (Phi) is 2.54. The van der Waals surface area contributed by atoms with Gasteiger partial charge in [-0.05, 0) is 29.8 Å². The van der Waals surface area contributed by atoms with Crippen LogP contribution in [0.5, 0.6) is 5.75 Å². The largest absolute Gasteiger partial charge is 0.497 e. The Hall–Kier alpha value is -1.70.